The summed E-state index contributed by atoms with van der Waals surface area (Å²) in [7, 11) is 0. The van der Waals surface area contributed by atoms with Gasteiger partial charge in [0, 0.05) is 10.4 Å². The fraction of sp³-hybridized carbons (Fsp3) is 0.462. The van der Waals surface area contributed by atoms with Gasteiger partial charge in [0.15, 0.2) is 0 Å². The maximum absolute atomic E-state index is 11.4. The van der Waals surface area contributed by atoms with Gasteiger partial charge in [0.2, 0.25) is 0 Å². The molecule has 15 heavy (non-hydrogen) atoms. The molecule has 1 unspecified atom stereocenters. The van der Waals surface area contributed by atoms with E-state index < -0.39 is 0 Å². The quantitative estimate of drug-likeness (QED) is 0.811. The van der Waals surface area contributed by atoms with E-state index in [-0.39, 0.29) is 11.7 Å². The molecule has 0 radical (unpaired) electrons. The minimum Gasteiger partial charge on any atom is -0.300 e. The normalized spacial score (nSPS) is 12.9. The van der Waals surface area contributed by atoms with E-state index in [0.29, 0.717) is 5.92 Å². The molecule has 0 heterocycles. The molecule has 0 N–H and O–H groups in total. The Labute approximate surface area is 100 Å². The number of ketones is 1. The summed E-state index contributed by atoms with van der Waals surface area (Å²) in [5, 5.41) is 0. The zero-order valence-electron chi connectivity index (χ0n) is 9.46. The third-order valence-corrected chi connectivity index (χ3v) is 3.22. The van der Waals surface area contributed by atoms with E-state index in [4.69, 9.17) is 0 Å². The van der Waals surface area contributed by atoms with E-state index >= 15 is 0 Å². The molecule has 0 fully saturated rings. The number of halogens is 1. The van der Waals surface area contributed by atoms with Crippen molar-refractivity contribution in [3.8, 4) is 0 Å². The lowest BCUT2D eigenvalue weighted by atomic mass is 9.86. The second-order valence-electron chi connectivity index (χ2n) is 4.29. The van der Waals surface area contributed by atoms with E-state index in [1.54, 1.807) is 6.92 Å². The fourth-order valence-electron chi connectivity index (χ4n) is 1.72. The van der Waals surface area contributed by atoms with Gasteiger partial charge in [-0.1, -0.05) is 41.9 Å². The monoisotopic (exact) mass is 268 g/mol. The van der Waals surface area contributed by atoms with Gasteiger partial charge in [0.25, 0.3) is 0 Å². The Kier molecular flexibility index (Phi) is 4.52. The van der Waals surface area contributed by atoms with Crippen LogP contribution in [0.25, 0.3) is 0 Å². The lowest BCUT2D eigenvalue weighted by Crippen LogP contribution is -2.20. The molecule has 0 aliphatic heterocycles. The number of hydrogen-bond donors (Lipinski definition) is 0. The highest BCUT2D eigenvalue weighted by Crippen LogP contribution is 2.19. The Morgan fingerprint density at radius 3 is 2.20 bits per heavy atom. The van der Waals surface area contributed by atoms with Gasteiger partial charge in [-0.25, -0.2) is 0 Å². The minimum absolute atomic E-state index is 0.145. The maximum Gasteiger partial charge on any atom is 0.133 e. The molecule has 1 rings (SSSR count). The average molecular weight is 269 g/mol. The van der Waals surface area contributed by atoms with Crippen molar-refractivity contribution < 1.29 is 4.79 Å². The number of carbonyl (C=O) groups excluding carboxylic acids is 1. The van der Waals surface area contributed by atoms with Gasteiger partial charge in [-0.2, -0.15) is 0 Å². The summed E-state index contributed by atoms with van der Waals surface area (Å²) in [6.07, 6.45) is 0.847. The van der Waals surface area contributed by atoms with Crippen LogP contribution in [0.15, 0.2) is 28.7 Å². The summed E-state index contributed by atoms with van der Waals surface area (Å²) >= 11 is 3.40. The van der Waals surface area contributed by atoms with E-state index in [1.165, 1.54) is 5.56 Å². The molecule has 2 heteroatoms. The van der Waals surface area contributed by atoms with Crippen LogP contribution in [0.2, 0.25) is 0 Å². The molecule has 1 atom stereocenters. The molecule has 0 bridgehead atoms. The molecule has 0 saturated heterocycles. The van der Waals surface area contributed by atoms with Crippen LogP contribution < -0.4 is 0 Å². The van der Waals surface area contributed by atoms with Crippen molar-refractivity contribution in [2.24, 2.45) is 11.8 Å². The van der Waals surface area contributed by atoms with Crippen molar-refractivity contribution in [1.29, 1.82) is 0 Å². The van der Waals surface area contributed by atoms with E-state index in [2.05, 4.69) is 41.9 Å². The van der Waals surface area contributed by atoms with Crippen molar-refractivity contribution in [3.05, 3.63) is 34.3 Å². The standard InChI is InChI=1S/C13H17BrO/c1-9(2)13(10(3)15)8-11-4-6-12(14)7-5-11/h4-7,9,13H,8H2,1-3H3. The maximum atomic E-state index is 11.4. The van der Waals surface area contributed by atoms with Crippen LogP contribution >= 0.6 is 15.9 Å². The van der Waals surface area contributed by atoms with Gasteiger partial charge < -0.3 is 0 Å². The Morgan fingerprint density at radius 2 is 1.80 bits per heavy atom. The largest absolute Gasteiger partial charge is 0.300 e. The summed E-state index contributed by atoms with van der Waals surface area (Å²) in [6.45, 7) is 5.89. The Hall–Kier alpha value is -0.630. The van der Waals surface area contributed by atoms with Crippen molar-refractivity contribution >= 4 is 21.7 Å². The third kappa shape index (κ3) is 3.78. The summed E-state index contributed by atoms with van der Waals surface area (Å²) in [5.41, 5.74) is 1.23. The van der Waals surface area contributed by atoms with Crippen LogP contribution in [-0.4, -0.2) is 5.78 Å². The first-order valence-electron chi connectivity index (χ1n) is 5.25. The van der Waals surface area contributed by atoms with Crippen LogP contribution in [0.5, 0.6) is 0 Å². The number of Topliss-reactive ketones (excluding diaryl/α,β-unsaturated/α-hetero) is 1. The van der Waals surface area contributed by atoms with Gasteiger partial charge in [-0.3, -0.25) is 4.79 Å². The highest BCUT2D eigenvalue weighted by atomic mass is 79.9. The van der Waals surface area contributed by atoms with Crippen LogP contribution in [0.1, 0.15) is 26.3 Å². The predicted octanol–water partition coefficient (Wildman–Crippen LogP) is 3.85. The Balaban J connectivity index is 2.74. The van der Waals surface area contributed by atoms with Gasteiger partial charge >= 0.3 is 0 Å². The molecule has 0 saturated carbocycles. The van der Waals surface area contributed by atoms with Gasteiger partial charge in [0.1, 0.15) is 5.78 Å². The first-order valence-corrected chi connectivity index (χ1v) is 6.05. The number of hydrogen-bond acceptors (Lipinski definition) is 1. The van der Waals surface area contributed by atoms with Crippen LogP contribution in [0, 0.1) is 11.8 Å². The lowest BCUT2D eigenvalue weighted by Gasteiger charge is -2.17. The Bertz CT molecular complexity index is 327. The smallest absolute Gasteiger partial charge is 0.133 e. The molecule has 1 aromatic rings. The van der Waals surface area contributed by atoms with E-state index in [9.17, 15) is 4.79 Å². The van der Waals surface area contributed by atoms with E-state index in [1.807, 2.05) is 12.1 Å². The van der Waals surface area contributed by atoms with E-state index in [0.717, 1.165) is 10.9 Å². The minimum atomic E-state index is 0.145. The number of rotatable bonds is 4. The zero-order valence-corrected chi connectivity index (χ0v) is 11.0. The molecule has 0 aliphatic rings. The number of carbonyl (C=O) groups is 1. The topological polar surface area (TPSA) is 17.1 Å². The van der Waals surface area contributed by atoms with Gasteiger partial charge in [0.05, 0.1) is 0 Å². The highest BCUT2D eigenvalue weighted by molar-refractivity contribution is 9.10. The summed E-state index contributed by atoms with van der Waals surface area (Å²) in [6, 6.07) is 8.19. The predicted molar refractivity (Wildman–Crippen MR) is 66.9 cm³/mol. The van der Waals surface area contributed by atoms with Crippen molar-refractivity contribution in [2.75, 3.05) is 0 Å². The zero-order chi connectivity index (χ0) is 11.4. The molecule has 0 aliphatic carbocycles. The first-order chi connectivity index (χ1) is 7.00. The van der Waals surface area contributed by atoms with Crippen molar-refractivity contribution in [1.82, 2.24) is 0 Å². The molecule has 0 spiro atoms. The van der Waals surface area contributed by atoms with Crippen LogP contribution in [0.4, 0.5) is 0 Å². The molecule has 1 aromatic carbocycles. The van der Waals surface area contributed by atoms with Gasteiger partial charge in [-0.05, 0) is 37.0 Å². The van der Waals surface area contributed by atoms with Gasteiger partial charge in [-0.15, -0.1) is 0 Å². The van der Waals surface area contributed by atoms with Crippen LogP contribution in [0.3, 0.4) is 0 Å². The second kappa shape index (κ2) is 5.45. The second-order valence-corrected chi connectivity index (χ2v) is 5.21. The molecular weight excluding hydrogens is 252 g/mol. The lowest BCUT2D eigenvalue weighted by molar-refractivity contribution is -0.121. The SMILES string of the molecule is CC(=O)C(Cc1ccc(Br)cc1)C(C)C. The Morgan fingerprint density at radius 1 is 1.27 bits per heavy atom. The summed E-state index contributed by atoms with van der Waals surface area (Å²) < 4.78 is 1.08. The molecule has 1 nitrogen and oxygen atoms in total. The van der Waals surface area contributed by atoms with Crippen molar-refractivity contribution in [2.45, 2.75) is 27.2 Å². The first kappa shape index (κ1) is 12.4. The molecular formula is C13H17BrO. The van der Waals surface area contributed by atoms with Crippen molar-refractivity contribution in [3.63, 3.8) is 0 Å². The summed E-state index contributed by atoms with van der Waals surface area (Å²) in [4.78, 5) is 11.4. The molecule has 0 amide bonds. The third-order valence-electron chi connectivity index (χ3n) is 2.70. The average Bonchev–Trinajstić information content (AvgIpc) is 2.15. The fourth-order valence-corrected chi connectivity index (χ4v) is 1.99. The molecule has 0 aromatic heterocycles. The highest BCUT2D eigenvalue weighted by Gasteiger charge is 2.18. The summed E-state index contributed by atoms with van der Waals surface area (Å²) in [5.74, 6) is 0.838. The van der Waals surface area contributed by atoms with Crippen LogP contribution in [-0.2, 0) is 11.2 Å². The molecule has 82 valence electrons. The number of benzene rings is 1.